The van der Waals surface area contributed by atoms with Crippen LogP contribution in [0.25, 0.3) is 0 Å². The van der Waals surface area contributed by atoms with Gasteiger partial charge in [0.2, 0.25) is 5.91 Å². The maximum atomic E-state index is 11.4. The number of carboxylic acid groups (broad SMARTS) is 1. The van der Waals surface area contributed by atoms with Gasteiger partial charge in [-0.05, 0) is 12.5 Å². The Labute approximate surface area is 115 Å². The third-order valence-electron chi connectivity index (χ3n) is 2.42. The lowest BCUT2D eigenvalue weighted by Crippen LogP contribution is -2.47. The molecule has 0 unspecified atom stereocenters. The predicted octanol–water partition coefficient (Wildman–Crippen LogP) is -1.10. The Morgan fingerprint density at radius 2 is 2.15 bits per heavy atom. The minimum atomic E-state index is -1.32. The molecule has 0 aliphatic heterocycles. The summed E-state index contributed by atoms with van der Waals surface area (Å²) in [7, 11) is 0. The van der Waals surface area contributed by atoms with Crippen LogP contribution in [0.1, 0.15) is 12.8 Å². The molecule has 0 bridgehead atoms. The van der Waals surface area contributed by atoms with E-state index in [1.807, 2.05) is 0 Å². The van der Waals surface area contributed by atoms with Crippen molar-refractivity contribution in [2.75, 3.05) is 6.54 Å². The molecule has 110 valence electrons. The number of urea groups is 1. The van der Waals surface area contributed by atoms with E-state index in [0.29, 0.717) is 19.5 Å². The molecule has 1 heterocycles. The molecule has 20 heavy (non-hydrogen) atoms. The highest BCUT2D eigenvalue weighted by atomic mass is 16.4. The van der Waals surface area contributed by atoms with Crippen molar-refractivity contribution < 1.29 is 19.5 Å². The van der Waals surface area contributed by atoms with Gasteiger partial charge in [-0.3, -0.25) is 9.48 Å². The summed E-state index contributed by atoms with van der Waals surface area (Å²) >= 11 is 0. The summed E-state index contributed by atoms with van der Waals surface area (Å²) in [6.07, 6.45) is 3.65. The normalized spacial score (nSPS) is 11.6. The average Bonchev–Trinajstić information content (AvgIpc) is 2.86. The van der Waals surface area contributed by atoms with Gasteiger partial charge in [0.15, 0.2) is 0 Å². The van der Waals surface area contributed by atoms with Crippen molar-refractivity contribution in [1.29, 1.82) is 0 Å². The SMILES string of the molecule is NC(=O)C[C@H](NC(=O)NCCCn1cccn1)C(=O)O. The van der Waals surface area contributed by atoms with Gasteiger partial charge in [-0.15, -0.1) is 0 Å². The summed E-state index contributed by atoms with van der Waals surface area (Å²) in [6.45, 7) is 0.992. The molecule has 3 amide bonds. The number of nitrogens with zero attached hydrogens (tertiary/aromatic N) is 2. The number of primary amides is 1. The van der Waals surface area contributed by atoms with Crippen LogP contribution in [0.4, 0.5) is 4.79 Å². The second kappa shape index (κ2) is 7.77. The maximum Gasteiger partial charge on any atom is 0.326 e. The second-order valence-corrected chi connectivity index (χ2v) is 4.08. The lowest BCUT2D eigenvalue weighted by molar-refractivity contribution is -0.140. The zero-order valence-electron chi connectivity index (χ0n) is 10.8. The van der Waals surface area contributed by atoms with Crippen LogP contribution >= 0.6 is 0 Å². The number of carboxylic acids is 1. The Kier molecular flexibility index (Phi) is 6.01. The molecule has 1 aromatic rings. The van der Waals surface area contributed by atoms with E-state index in [1.54, 1.807) is 23.1 Å². The van der Waals surface area contributed by atoms with Gasteiger partial charge in [-0.25, -0.2) is 9.59 Å². The van der Waals surface area contributed by atoms with Gasteiger partial charge < -0.3 is 21.5 Å². The third-order valence-corrected chi connectivity index (χ3v) is 2.42. The average molecular weight is 283 g/mol. The van der Waals surface area contributed by atoms with Gasteiger partial charge in [-0.1, -0.05) is 0 Å². The highest BCUT2D eigenvalue weighted by molar-refractivity contribution is 5.87. The first-order valence-corrected chi connectivity index (χ1v) is 6.02. The lowest BCUT2D eigenvalue weighted by atomic mass is 10.2. The van der Waals surface area contributed by atoms with Crippen LogP contribution in [0.3, 0.4) is 0 Å². The van der Waals surface area contributed by atoms with Crippen molar-refractivity contribution in [3.8, 4) is 0 Å². The minimum absolute atomic E-state index is 0.356. The van der Waals surface area contributed by atoms with Crippen molar-refractivity contribution in [2.45, 2.75) is 25.4 Å². The Morgan fingerprint density at radius 3 is 2.70 bits per heavy atom. The van der Waals surface area contributed by atoms with Crippen LogP contribution < -0.4 is 16.4 Å². The van der Waals surface area contributed by atoms with E-state index in [1.165, 1.54) is 0 Å². The monoisotopic (exact) mass is 283 g/mol. The molecule has 0 saturated carbocycles. The summed E-state index contributed by atoms with van der Waals surface area (Å²) in [5, 5.41) is 17.5. The Bertz CT molecular complexity index is 459. The molecular weight excluding hydrogens is 266 g/mol. The van der Waals surface area contributed by atoms with Gasteiger partial charge in [0, 0.05) is 25.5 Å². The second-order valence-electron chi connectivity index (χ2n) is 4.08. The molecule has 0 radical (unpaired) electrons. The Balaban J connectivity index is 2.24. The number of rotatable bonds is 8. The van der Waals surface area contributed by atoms with Gasteiger partial charge in [0.1, 0.15) is 6.04 Å². The number of nitrogens with one attached hydrogen (secondary N) is 2. The lowest BCUT2D eigenvalue weighted by Gasteiger charge is -2.13. The van der Waals surface area contributed by atoms with E-state index in [2.05, 4.69) is 15.7 Å². The number of amides is 3. The fourth-order valence-electron chi connectivity index (χ4n) is 1.49. The van der Waals surface area contributed by atoms with Crippen molar-refractivity contribution in [2.24, 2.45) is 5.73 Å². The predicted molar refractivity (Wildman–Crippen MR) is 68.6 cm³/mol. The summed E-state index contributed by atoms with van der Waals surface area (Å²) < 4.78 is 1.72. The molecule has 9 nitrogen and oxygen atoms in total. The molecular formula is C11H17N5O4. The zero-order valence-corrected chi connectivity index (χ0v) is 10.8. The third kappa shape index (κ3) is 5.85. The number of nitrogens with two attached hydrogens (primary N) is 1. The van der Waals surface area contributed by atoms with Gasteiger partial charge in [-0.2, -0.15) is 5.10 Å². The summed E-state index contributed by atoms with van der Waals surface area (Å²) in [5.74, 6) is -2.10. The standard InChI is InChI=1S/C11H17N5O4/c12-9(17)7-8(10(18)19)15-11(20)13-3-1-5-16-6-2-4-14-16/h2,4,6,8H,1,3,5,7H2,(H2,12,17)(H,18,19)(H2,13,15,20)/t8-/m0/s1. The molecule has 0 aromatic carbocycles. The first kappa shape index (κ1) is 15.5. The van der Waals surface area contributed by atoms with Crippen molar-refractivity contribution in [3.63, 3.8) is 0 Å². The number of aryl methyl sites for hydroxylation is 1. The molecule has 9 heteroatoms. The van der Waals surface area contributed by atoms with E-state index in [9.17, 15) is 14.4 Å². The summed E-state index contributed by atoms with van der Waals surface area (Å²) in [6, 6.07) is -0.181. The zero-order chi connectivity index (χ0) is 15.0. The maximum absolute atomic E-state index is 11.4. The van der Waals surface area contributed by atoms with Crippen LogP contribution in [0.2, 0.25) is 0 Å². The summed E-state index contributed by atoms with van der Waals surface area (Å²) in [5.41, 5.74) is 4.90. The topological polar surface area (TPSA) is 139 Å². The number of carbonyl (C=O) groups is 3. The molecule has 0 aliphatic carbocycles. The molecule has 0 spiro atoms. The van der Waals surface area contributed by atoms with Crippen molar-refractivity contribution in [1.82, 2.24) is 20.4 Å². The number of carbonyl (C=O) groups excluding carboxylic acids is 2. The van der Waals surface area contributed by atoms with Crippen LogP contribution in [0.5, 0.6) is 0 Å². The van der Waals surface area contributed by atoms with E-state index in [0.717, 1.165) is 0 Å². The van der Waals surface area contributed by atoms with Crippen molar-refractivity contribution >= 4 is 17.9 Å². The van der Waals surface area contributed by atoms with E-state index in [-0.39, 0.29) is 0 Å². The first-order valence-electron chi connectivity index (χ1n) is 6.02. The Hall–Kier alpha value is -2.58. The molecule has 0 aliphatic rings. The number of aliphatic carboxylic acids is 1. The first-order chi connectivity index (χ1) is 9.49. The molecule has 1 atom stereocenters. The molecule has 1 aromatic heterocycles. The van der Waals surface area contributed by atoms with Gasteiger partial charge >= 0.3 is 12.0 Å². The highest BCUT2D eigenvalue weighted by Crippen LogP contribution is 1.92. The molecule has 1 rings (SSSR count). The van der Waals surface area contributed by atoms with E-state index < -0.39 is 30.4 Å². The van der Waals surface area contributed by atoms with E-state index in [4.69, 9.17) is 10.8 Å². The van der Waals surface area contributed by atoms with Crippen LogP contribution in [0, 0.1) is 0 Å². The minimum Gasteiger partial charge on any atom is -0.480 e. The quantitative estimate of drug-likeness (QED) is 0.448. The number of aromatic nitrogens is 2. The fourth-order valence-corrected chi connectivity index (χ4v) is 1.49. The molecule has 0 saturated heterocycles. The number of hydrogen-bond acceptors (Lipinski definition) is 4. The number of hydrogen-bond donors (Lipinski definition) is 4. The van der Waals surface area contributed by atoms with Crippen LogP contribution in [-0.4, -0.2) is 45.4 Å². The fraction of sp³-hybridized carbons (Fsp3) is 0.455. The smallest absolute Gasteiger partial charge is 0.326 e. The highest BCUT2D eigenvalue weighted by Gasteiger charge is 2.21. The Morgan fingerprint density at radius 1 is 1.40 bits per heavy atom. The molecule has 0 fully saturated rings. The molecule has 5 N–H and O–H groups in total. The van der Waals surface area contributed by atoms with E-state index >= 15 is 0 Å². The van der Waals surface area contributed by atoms with Gasteiger partial charge in [0.05, 0.1) is 6.42 Å². The van der Waals surface area contributed by atoms with Crippen LogP contribution in [0.15, 0.2) is 18.5 Å². The summed E-state index contributed by atoms with van der Waals surface area (Å²) in [4.78, 5) is 32.9. The van der Waals surface area contributed by atoms with Crippen molar-refractivity contribution in [3.05, 3.63) is 18.5 Å². The van der Waals surface area contributed by atoms with Gasteiger partial charge in [0.25, 0.3) is 0 Å². The largest absolute Gasteiger partial charge is 0.480 e. The van der Waals surface area contributed by atoms with Crippen LogP contribution in [-0.2, 0) is 16.1 Å².